The van der Waals surface area contributed by atoms with Gasteiger partial charge in [0.2, 0.25) is 0 Å². The third kappa shape index (κ3) is 3.08. The molecule has 2 rings (SSSR count). The average molecular weight is 265 g/mol. The Morgan fingerprint density at radius 2 is 2.16 bits per heavy atom. The molecule has 2 aromatic rings. The number of hydrogen-bond donors (Lipinski definition) is 1. The fraction of sp³-hybridized carbons (Fsp3) is 0.385. The summed E-state index contributed by atoms with van der Waals surface area (Å²) in [6.45, 7) is 3.62. The van der Waals surface area contributed by atoms with E-state index < -0.39 is 11.4 Å². The molecule has 1 aromatic heterocycles. The summed E-state index contributed by atoms with van der Waals surface area (Å²) in [6.07, 6.45) is 1.38. The largest absolute Gasteiger partial charge is 0.494 e. The van der Waals surface area contributed by atoms with E-state index in [9.17, 15) is 9.50 Å². The quantitative estimate of drug-likeness (QED) is 0.916. The van der Waals surface area contributed by atoms with Crippen LogP contribution in [0.25, 0.3) is 11.4 Å². The van der Waals surface area contributed by atoms with Crippen molar-refractivity contribution >= 4 is 0 Å². The van der Waals surface area contributed by atoms with Crippen LogP contribution in [0.15, 0.2) is 24.5 Å². The number of hydrogen-bond acceptors (Lipinski definition) is 4. The zero-order valence-electron chi connectivity index (χ0n) is 11.1. The standard InChI is InChI=1S/C13H16FN3O2/c1-13(2,18)7-17-12(15-8-16-17)9-4-5-11(19-3)10(14)6-9/h4-6,8,18H,7H2,1-3H3. The van der Waals surface area contributed by atoms with E-state index in [0.29, 0.717) is 11.4 Å². The van der Waals surface area contributed by atoms with Gasteiger partial charge in [0.1, 0.15) is 6.33 Å². The maximum atomic E-state index is 13.7. The van der Waals surface area contributed by atoms with Crippen LogP contribution in [-0.2, 0) is 6.54 Å². The molecule has 19 heavy (non-hydrogen) atoms. The molecule has 0 fully saturated rings. The lowest BCUT2D eigenvalue weighted by Gasteiger charge is -2.18. The highest BCUT2D eigenvalue weighted by atomic mass is 19.1. The number of methoxy groups -OCH3 is 1. The van der Waals surface area contributed by atoms with Crippen molar-refractivity contribution in [2.45, 2.75) is 26.0 Å². The molecule has 0 bridgehead atoms. The van der Waals surface area contributed by atoms with E-state index >= 15 is 0 Å². The van der Waals surface area contributed by atoms with Crippen LogP contribution in [0.4, 0.5) is 4.39 Å². The fourth-order valence-corrected chi connectivity index (χ4v) is 1.78. The summed E-state index contributed by atoms with van der Waals surface area (Å²) in [7, 11) is 1.41. The van der Waals surface area contributed by atoms with Gasteiger partial charge in [-0.25, -0.2) is 14.1 Å². The van der Waals surface area contributed by atoms with E-state index in [0.717, 1.165) is 0 Å². The second-order valence-corrected chi connectivity index (χ2v) is 4.90. The maximum Gasteiger partial charge on any atom is 0.165 e. The predicted molar refractivity (Wildman–Crippen MR) is 68.3 cm³/mol. The van der Waals surface area contributed by atoms with Crippen molar-refractivity contribution in [2.75, 3.05) is 7.11 Å². The Labute approximate surface area is 110 Å². The Morgan fingerprint density at radius 1 is 1.42 bits per heavy atom. The first-order valence-corrected chi connectivity index (χ1v) is 5.85. The number of halogens is 1. The lowest BCUT2D eigenvalue weighted by Crippen LogP contribution is -2.27. The lowest BCUT2D eigenvalue weighted by atomic mass is 10.1. The summed E-state index contributed by atoms with van der Waals surface area (Å²) >= 11 is 0. The Bertz CT molecular complexity index is 576. The normalized spacial score (nSPS) is 11.6. The van der Waals surface area contributed by atoms with E-state index in [-0.39, 0.29) is 12.3 Å². The molecule has 0 aliphatic heterocycles. The van der Waals surface area contributed by atoms with Crippen LogP contribution in [-0.4, -0.2) is 32.6 Å². The summed E-state index contributed by atoms with van der Waals surface area (Å²) in [5.41, 5.74) is -0.340. The molecule has 0 saturated carbocycles. The lowest BCUT2D eigenvalue weighted by molar-refractivity contribution is 0.0582. The van der Waals surface area contributed by atoms with Crippen molar-refractivity contribution in [1.29, 1.82) is 0 Å². The van der Waals surface area contributed by atoms with Crippen LogP contribution < -0.4 is 4.74 Å². The highest BCUT2D eigenvalue weighted by Gasteiger charge is 2.18. The topological polar surface area (TPSA) is 60.2 Å². The Morgan fingerprint density at radius 3 is 2.74 bits per heavy atom. The summed E-state index contributed by atoms with van der Waals surface area (Å²) in [5, 5.41) is 13.9. The first kappa shape index (κ1) is 13.5. The molecule has 1 N–H and O–H groups in total. The fourth-order valence-electron chi connectivity index (χ4n) is 1.78. The number of aliphatic hydroxyl groups is 1. The van der Waals surface area contributed by atoms with Gasteiger partial charge in [0, 0.05) is 5.56 Å². The van der Waals surface area contributed by atoms with E-state index in [4.69, 9.17) is 4.74 Å². The minimum atomic E-state index is -0.923. The summed E-state index contributed by atoms with van der Waals surface area (Å²) in [5.74, 6) is 0.221. The van der Waals surface area contributed by atoms with Crippen LogP contribution >= 0.6 is 0 Å². The molecule has 0 spiro atoms. The monoisotopic (exact) mass is 265 g/mol. The van der Waals surface area contributed by atoms with Crippen molar-refractivity contribution in [2.24, 2.45) is 0 Å². The highest BCUT2D eigenvalue weighted by Crippen LogP contribution is 2.24. The molecule has 0 radical (unpaired) electrons. The van der Waals surface area contributed by atoms with Gasteiger partial charge in [-0.3, -0.25) is 0 Å². The van der Waals surface area contributed by atoms with Crippen LogP contribution in [0.3, 0.4) is 0 Å². The van der Waals surface area contributed by atoms with Gasteiger partial charge in [-0.15, -0.1) is 0 Å². The SMILES string of the molecule is COc1ccc(-c2ncnn2CC(C)(C)O)cc1F. The maximum absolute atomic E-state index is 13.7. The molecule has 5 nitrogen and oxygen atoms in total. The zero-order valence-corrected chi connectivity index (χ0v) is 11.1. The number of benzene rings is 1. The van der Waals surface area contributed by atoms with Gasteiger partial charge in [0.25, 0.3) is 0 Å². The first-order chi connectivity index (χ1) is 8.90. The summed E-state index contributed by atoms with van der Waals surface area (Å²) in [4.78, 5) is 4.10. The van der Waals surface area contributed by atoms with Crippen LogP contribution in [0.2, 0.25) is 0 Å². The second kappa shape index (κ2) is 4.97. The minimum absolute atomic E-state index is 0.178. The van der Waals surface area contributed by atoms with Crippen molar-refractivity contribution in [3.8, 4) is 17.1 Å². The van der Waals surface area contributed by atoms with E-state index in [1.165, 1.54) is 25.6 Å². The molecular formula is C13H16FN3O2. The molecule has 0 aliphatic carbocycles. The van der Waals surface area contributed by atoms with Crippen LogP contribution in [0, 0.1) is 5.82 Å². The Hall–Kier alpha value is -1.95. The molecule has 0 atom stereocenters. The highest BCUT2D eigenvalue weighted by molar-refractivity contribution is 5.56. The molecule has 1 heterocycles. The average Bonchev–Trinajstić information content (AvgIpc) is 2.74. The number of aromatic nitrogens is 3. The number of ether oxygens (including phenoxy) is 1. The summed E-state index contributed by atoms with van der Waals surface area (Å²) < 4.78 is 20.1. The number of rotatable bonds is 4. The number of nitrogens with zero attached hydrogens (tertiary/aromatic N) is 3. The van der Waals surface area contributed by atoms with Gasteiger partial charge >= 0.3 is 0 Å². The van der Waals surface area contributed by atoms with Gasteiger partial charge in [-0.2, -0.15) is 5.10 Å². The molecule has 0 aliphatic rings. The smallest absolute Gasteiger partial charge is 0.165 e. The third-order valence-corrected chi connectivity index (χ3v) is 2.56. The molecule has 0 unspecified atom stereocenters. The second-order valence-electron chi connectivity index (χ2n) is 4.90. The van der Waals surface area contributed by atoms with Crippen molar-refractivity contribution in [3.05, 3.63) is 30.3 Å². The van der Waals surface area contributed by atoms with Crippen LogP contribution in [0.1, 0.15) is 13.8 Å². The molecule has 0 amide bonds. The Balaban J connectivity index is 2.37. The Kier molecular flexibility index (Phi) is 3.53. The van der Waals surface area contributed by atoms with E-state index in [1.54, 1.807) is 24.6 Å². The molecular weight excluding hydrogens is 249 g/mol. The first-order valence-electron chi connectivity index (χ1n) is 5.85. The summed E-state index contributed by atoms with van der Waals surface area (Å²) in [6, 6.07) is 4.57. The molecule has 1 aromatic carbocycles. The third-order valence-electron chi connectivity index (χ3n) is 2.56. The molecule has 0 saturated heterocycles. The van der Waals surface area contributed by atoms with Crippen LogP contribution in [0.5, 0.6) is 5.75 Å². The zero-order chi connectivity index (χ0) is 14.0. The van der Waals surface area contributed by atoms with Gasteiger partial charge < -0.3 is 9.84 Å². The minimum Gasteiger partial charge on any atom is -0.494 e. The van der Waals surface area contributed by atoms with Crippen molar-refractivity contribution in [3.63, 3.8) is 0 Å². The van der Waals surface area contributed by atoms with E-state index in [1.807, 2.05) is 0 Å². The van der Waals surface area contributed by atoms with Gasteiger partial charge in [0.05, 0.1) is 19.3 Å². The van der Waals surface area contributed by atoms with Gasteiger partial charge in [0.15, 0.2) is 17.4 Å². The van der Waals surface area contributed by atoms with Crippen molar-refractivity contribution < 1.29 is 14.2 Å². The van der Waals surface area contributed by atoms with Crippen molar-refractivity contribution in [1.82, 2.24) is 14.8 Å². The van der Waals surface area contributed by atoms with Gasteiger partial charge in [-0.05, 0) is 32.0 Å². The predicted octanol–water partition coefficient (Wildman–Crippen LogP) is 1.86. The van der Waals surface area contributed by atoms with E-state index in [2.05, 4.69) is 10.1 Å². The van der Waals surface area contributed by atoms with Gasteiger partial charge in [-0.1, -0.05) is 0 Å². The molecule has 6 heteroatoms. The molecule has 102 valence electrons.